The summed E-state index contributed by atoms with van der Waals surface area (Å²) < 4.78 is 0. The number of carbonyl (C=O) groups excluding carboxylic acids is 1. The Morgan fingerprint density at radius 1 is 1.46 bits per heavy atom. The molecule has 13 heavy (non-hydrogen) atoms. The van der Waals surface area contributed by atoms with E-state index in [0.717, 1.165) is 11.3 Å². The van der Waals surface area contributed by atoms with Gasteiger partial charge >= 0.3 is 0 Å². The Morgan fingerprint density at radius 3 is 3.00 bits per heavy atom. The van der Waals surface area contributed by atoms with Crippen LogP contribution in [0.4, 0.5) is 0 Å². The molecule has 0 aromatic carbocycles. The van der Waals surface area contributed by atoms with Gasteiger partial charge in [0.1, 0.15) is 0 Å². The minimum atomic E-state index is -0.195. The first kappa shape index (κ1) is 8.45. The summed E-state index contributed by atoms with van der Waals surface area (Å²) in [4.78, 5) is 15.0. The summed E-state index contributed by atoms with van der Waals surface area (Å²) in [6, 6.07) is 0. The van der Waals surface area contributed by atoms with Crippen LogP contribution in [0.3, 0.4) is 0 Å². The number of hydrogen-bond donors (Lipinski definition) is 0. The van der Waals surface area contributed by atoms with Gasteiger partial charge in [0.2, 0.25) is 0 Å². The second-order valence-corrected chi connectivity index (χ2v) is 3.57. The van der Waals surface area contributed by atoms with Gasteiger partial charge in [0, 0.05) is 17.0 Å². The van der Waals surface area contributed by atoms with Crippen molar-refractivity contribution in [1.29, 1.82) is 0 Å². The van der Waals surface area contributed by atoms with Crippen LogP contribution >= 0.6 is 11.6 Å². The third kappa shape index (κ3) is 1.49. The fourth-order valence-corrected chi connectivity index (χ4v) is 1.68. The van der Waals surface area contributed by atoms with Crippen molar-refractivity contribution in [2.24, 2.45) is 10.9 Å². The van der Waals surface area contributed by atoms with Gasteiger partial charge in [0.15, 0.2) is 0 Å². The number of dihydropyridines is 1. The van der Waals surface area contributed by atoms with Gasteiger partial charge < -0.3 is 0 Å². The highest BCUT2D eigenvalue weighted by Gasteiger charge is 2.21. The predicted octanol–water partition coefficient (Wildman–Crippen LogP) is 2.22. The van der Waals surface area contributed by atoms with Gasteiger partial charge in [-0.25, -0.2) is 4.99 Å². The molecule has 0 spiro atoms. The maximum Gasteiger partial charge on any atom is 0.269 e. The average molecular weight is 194 g/mol. The number of carbonyl (C=O) groups is 1. The van der Waals surface area contributed by atoms with Crippen LogP contribution in [-0.4, -0.2) is 11.6 Å². The highest BCUT2D eigenvalue weighted by molar-refractivity contribution is 6.34. The molecule has 0 radical (unpaired) electrons. The van der Waals surface area contributed by atoms with Crippen LogP contribution in [0.2, 0.25) is 0 Å². The second kappa shape index (κ2) is 2.96. The van der Waals surface area contributed by atoms with Crippen molar-refractivity contribution < 1.29 is 4.79 Å². The van der Waals surface area contributed by atoms with Crippen molar-refractivity contribution in [3.63, 3.8) is 0 Å². The molecule has 1 atom stereocenters. The molecule has 2 nitrogen and oxygen atoms in total. The van der Waals surface area contributed by atoms with E-state index in [-0.39, 0.29) is 11.8 Å². The van der Waals surface area contributed by atoms with E-state index in [4.69, 9.17) is 11.6 Å². The number of fused-ring (bicyclic) bond motifs is 1. The molecule has 0 fully saturated rings. The minimum Gasteiger partial charge on any atom is -0.267 e. The van der Waals surface area contributed by atoms with Crippen LogP contribution in [0.5, 0.6) is 0 Å². The number of halogens is 1. The lowest BCUT2D eigenvalue weighted by Crippen LogP contribution is -2.20. The zero-order valence-corrected chi connectivity index (χ0v) is 7.88. The van der Waals surface area contributed by atoms with Crippen LogP contribution < -0.4 is 0 Å². The van der Waals surface area contributed by atoms with E-state index in [2.05, 4.69) is 4.99 Å². The summed E-state index contributed by atoms with van der Waals surface area (Å²) in [5.74, 6) is -0.0556. The third-order valence-electron chi connectivity index (χ3n) is 2.13. The fraction of sp³-hybridized carbons (Fsp3) is 0.200. The van der Waals surface area contributed by atoms with Gasteiger partial charge in [0.05, 0.1) is 5.71 Å². The Bertz CT molecular complexity index is 388. The third-order valence-corrected chi connectivity index (χ3v) is 2.37. The standard InChI is InChI=1S/C10H8ClNO/c1-6-4-10(13)12-9-5-7(11)2-3-8(6)9/h2-5,8H,1H3. The van der Waals surface area contributed by atoms with Crippen molar-refractivity contribution in [3.05, 3.63) is 34.9 Å². The van der Waals surface area contributed by atoms with Crippen LogP contribution in [0.1, 0.15) is 6.92 Å². The summed E-state index contributed by atoms with van der Waals surface area (Å²) in [6.07, 6.45) is 7.09. The van der Waals surface area contributed by atoms with E-state index < -0.39 is 0 Å². The first-order chi connectivity index (χ1) is 6.16. The minimum absolute atomic E-state index is 0.139. The van der Waals surface area contributed by atoms with E-state index in [0.29, 0.717) is 5.03 Å². The number of aliphatic imine (C=N–C) groups is 1. The second-order valence-electron chi connectivity index (χ2n) is 3.13. The molecule has 0 aromatic rings. The van der Waals surface area contributed by atoms with E-state index in [1.165, 1.54) is 0 Å². The van der Waals surface area contributed by atoms with E-state index in [1.807, 2.05) is 19.1 Å². The summed E-state index contributed by atoms with van der Waals surface area (Å²) in [7, 11) is 0. The molecule has 2 rings (SSSR count). The van der Waals surface area contributed by atoms with Gasteiger partial charge in [-0.2, -0.15) is 0 Å². The molecule has 1 aliphatic heterocycles. The van der Waals surface area contributed by atoms with E-state index in [1.54, 1.807) is 12.2 Å². The SMILES string of the molecule is CC1=CC(=O)N=C2C=C(Cl)C=CC12. The highest BCUT2D eigenvalue weighted by Crippen LogP contribution is 2.25. The quantitative estimate of drug-likeness (QED) is 0.580. The topological polar surface area (TPSA) is 29.4 Å². The molecule has 2 aliphatic rings. The summed E-state index contributed by atoms with van der Waals surface area (Å²) in [5.41, 5.74) is 1.77. The first-order valence-electron chi connectivity index (χ1n) is 4.03. The Hall–Kier alpha value is -1.15. The molecule has 0 aromatic heterocycles. The van der Waals surface area contributed by atoms with Gasteiger partial charge in [0.25, 0.3) is 5.91 Å². The number of amides is 1. The fourth-order valence-electron chi connectivity index (χ4n) is 1.50. The summed E-state index contributed by atoms with van der Waals surface area (Å²) in [5, 5.41) is 0.623. The van der Waals surface area contributed by atoms with Gasteiger partial charge in [-0.15, -0.1) is 0 Å². The molecule has 3 heteroatoms. The lowest BCUT2D eigenvalue weighted by molar-refractivity contribution is -0.113. The molecule has 1 aliphatic carbocycles. The van der Waals surface area contributed by atoms with Crippen molar-refractivity contribution in [1.82, 2.24) is 0 Å². The lowest BCUT2D eigenvalue weighted by Gasteiger charge is -2.19. The zero-order valence-electron chi connectivity index (χ0n) is 7.12. The van der Waals surface area contributed by atoms with Crippen molar-refractivity contribution in [3.8, 4) is 0 Å². The van der Waals surface area contributed by atoms with E-state index >= 15 is 0 Å². The van der Waals surface area contributed by atoms with Crippen LogP contribution in [0.25, 0.3) is 0 Å². The normalized spacial score (nSPS) is 26.2. The Kier molecular flexibility index (Phi) is 1.93. The smallest absolute Gasteiger partial charge is 0.267 e. The predicted molar refractivity (Wildman–Crippen MR) is 52.8 cm³/mol. The molecule has 0 N–H and O–H groups in total. The summed E-state index contributed by atoms with van der Waals surface area (Å²) >= 11 is 5.79. The number of allylic oxidation sites excluding steroid dienone is 5. The Balaban J connectivity index is 2.44. The largest absolute Gasteiger partial charge is 0.269 e. The molecule has 1 amide bonds. The maximum atomic E-state index is 11.1. The number of rotatable bonds is 0. The van der Waals surface area contributed by atoms with Crippen molar-refractivity contribution in [2.75, 3.05) is 0 Å². The molecule has 1 unspecified atom stereocenters. The molecule has 0 saturated heterocycles. The molecule has 1 heterocycles. The van der Waals surface area contributed by atoms with Crippen molar-refractivity contribution >= 4 is 23.2 Å². The maximum absolute atomic E-state index is 11.1. The summed E-state index contributed by atoms with van der Waals surface area (Å²) in [6.45, 7) is 1.93. The van der Waals surface area contributed by atoms with Gasteiger partial charge in [-0.1, -0.05) is 23.3 Å². The molecule has 0 saturated carbocycles. The first-order valence-corrected chi connectivity index (χ1v) is 4.41. The molecule has 0 bridgehead atoms. The van der Waals surface area contributed by atoms with Gasteiger partial charge in [-0.05, 0) is 19.1 Å². The Labute approximate surface area is 81.3 Å². The monoisotopic (exact) mass is 193 g/mol. The highest BCUT2D eigenvalue weighted by atomic mass is 35.5. The van der Waals surface area contributed by atoms with Crippen LogP contribution in [0.15, 0.2) is 39.9 Å². The average Bonchev–Trinajstić information content (AvgIpc) is 2.02. The number of nitrogens with zero attached hydrogens (tertiary/aromatic N) is 1. The molecular weight excluding hydrogens is 186 g/mol. The zero-order chi connectivity index (χ0) is 9.42. The van der Waals surface area contributed by atoms with Gasteiger partial charge in [-0.3, -0.25) is 4.79 Å². The van der Waals surface area contributed by atoms with Crippen molar-refractivity contribution in [2.45, 2.75) is 6.92 Å². The molecule has 66 valence electrons. The number of hydrogen-bond acceptors (Lipinski definition) is 1. The Morgan fingerprint density at radius 2 is 2.23 bits per heavy atom. The van der Waals surface area contributed by atoms with Crippen LogP contribution in [-0.2, 0) is 4.79 Å². The lowest BCUT2D eigenvalue weighted by atomic mass is 9.89. The van der Waals surface area contributed by atoms with Crippen LogP contribution in [0, 0.1) is 5.92 Å². The van der Waals surface area contributed by atoms with E-state index in [9.17, 15) is 4.79 Å². The molecular formula is C10H8ClNO.